The molecule has 0 saturated heterocycles. The summed E-state index contributed by atoms with van der Waals surface area (Å²) in [7, 11) is 8.24. The second-order valence-corrected chi connectivity index (χ2v) is 9.19. The lowest BCUT2D eigenvalue weighted by Crippen LogP contribution is -3.00. The maximum absolute atomic E-state index is 5.53. The van der Waals surface area contributed by atoms with E-state index >= 15 is 0 Å². The van der Waals surface area contributed by atoms with E-state index in [9.17, 15) is 0 Å². The second-order valence-electron chi connectivity index (χ2n) is 9.19. The number of hydrogen-bond acceptors (Lipinski definition) is 4. The van der Waals surface area contributed by atoms with Gasteiger partial charge in [0, 0.05) is 18.5 Å². The Labute approximate surface area is 201 Å². The SMILES string of the molecule is CN(C)CC(C)(C)CN.CN(C)CC(C)(C)C[NH+]=C(N)N.NC(=[NH2+])n1cccn1.[Cl-].[Cl-]. The molecule has 0 fully saturated rings. The molecule has 0 unspecified atom stereocenters. The van der Waals surface area contributed by atoms with Crippen LogP contribution in [-0.4, -0.2) is 85.9 Å². The molecule has 0 saturated carbocycles. The summed E-state index contributed by atoms with van der Waals surface area (Å²) in [6, 6.07) is 1.75. The van der Waals surface area contributed by atoms with Gasteiger partial charge in [-0.15, -0.1) is 9.78 Å². The van der Waals surface area contributed by atoms with E-state index in [2.05, 4.69) is 75.8 Å². The molecule has 12 heteroatoms. The van der Waals surface area contributed by atoms with Gasteiger partial charge < -0.3 is 40.3 Å². The Morgan fingerprint density at radius 2 is 1.42 bits per heavy atom. The van der Waals surface area contributed by atoms with E-state index < -0.39 is 0 Å². The van der Waals surface area contributed by atoms with E-state index in [1.165, 1.54) is 4.68 Å². The maximum Gasteiger partial charge on any atom is 0.369 e. The third-order valence-corrected chi connectivity index (χ3v) is 3.58. The topological polar surface area (TPSA) is 168 Å². The summed E-state index contributed by atoms with van der Waals surface area (Å²) in [5.74, 6) is 0.483. The fraction of sp³-hybridized carbons (Fsp3) is 0.737. The van der Waals surface area contributed by atoms with Crippen molar-refractivity contribution in [2.45, 2.75) is 27.7 Å². The molecule has 0 aliphatic heterocycles. The number of guanidine groups is 1. The fourth-order valence-electron chi connectivity index (χ4n) is 2.60. The average Bonchev–Trinajstić information content (AvgIpc) is 3.07. The van der Waals surface area contributed by atoms with Gasteiger partial charge in [-0.25, -0.2) is 0 Å². The Balaban J connectivity index is -0.000000174. The number of rotatable bonds is 7. The summed E-state index contributed by atoms with van der Waals surface area (Å²) < 4.78 is 1.39. The van der Waals surface area contributed by atoms with E-state index in [0.717, 1.165) is 26.2 Å². The van der Waals surface area contributed by atoms with Crippen molar-refractivity contribution < 1.29 is 35.2 Å². The highest BCUT2D eigenvalue weighted by atomic mass is 35.5. The van der Waals surface area contributed by atoms with E-state index in [-0.39, 0.29) is 41.6 Å². The molecule has 1 rings (SSSR count). The van der Waals surface area contributed by atoms with Gasteiger partial charge in [-0.2, -0.15) is 0 Å². The van der Waals surface area contributed by atoms with Crippen molar-refractivity contribution in [2.24, 2.45) is 33.8 Å². The zero-order valence-electron chi connectivity index (χ0n) is 20.5. The summed E-state index contributed by atoms with van der Waals surface area (Å²) in [5, 5.41) is 8.90. The first kappa shape index (κ1) is 36.8. The number of hydrogen-bond donors (Lipinski definition) is 6. The first-order valence-corrected chi connectivity index (χ1v) is 9.61. The quantitative estimate of drug-likeness (QED) is 0.165. The van der Waals surface area contributed by atoms with Crippen LogP contribution in [0.5, 0.6) is 0 Å². The highest BCUT2D eigenvalue weighted by molar-refractivity contribution is 5.72. The molecule has 0 radical (unpaired) electrons. The molecule has 10 nitrogen and oxygen atoms in total. The third-order valence-electron chi connectivity index (χ3n) is 3.58. The van der Waals surface area contributed by atoms with Gasteiger partial charge in [-0.05, 0) is 46.2 Å². The maximum atomic E-state index is 5.53. The molecule has 1 heterocycles. The van der Waals surface area contributed by atoms with Crippen LogP contribution in [-0.2, 0) is 0 Å². The lowest BCUT2D eigenvalue weighted by atomic mass is 9.93. The fourth-order valence-corrected chi connectivity index (χ4v) is 2.60. The van der Waals surface area contributed by atoms with Crippen LogP contribution in [0, 0.1) is 10.8 Å². The van der Waals surface area contributed by atoms with Crippen LogP contribution in [0.15, 0.2) is 18.5 Å². The van der Waals surface area contributed by atoms with E-state index in [4.69, 9.17) is 28.3 Å². The van der Waals surface area contributed by atoms with Gasteiger partial charge in [-0.1, -0.05) is 27.7 Å². The molecule has 0 bridgehead atoms. The molecule has 11 N–H and O–H groups in total. The van der Waals surface area contributed by atoms with Gasteiger partial charge in [-0.3, -0.25) is 27.6 Å². The zero-order valence-corrected chi connectivity index (χ0v) is 22.0. The van der Waals surface area contributed by atoms with Crippen molar-refractivity contribution in [3.63, 3.8) is 0 Å². The lowest BCUT2D eigenvalue weighted by Gasteiger charge is -2.26. The van der Waals surface area contributed by atoms with E-state index in [0.29, 0.717) is 5.96 Å². The molecular formula is C19H46Cl2N10. The molecule has 31 heavy (non-hydrogen) atoms. The Bertz CT molecular complexity index is 581. The normalized spacial score (nSPS) is 10.5. The van der Waals surface area contributed by atoms with Crippen molar-refractivity contribution in [3.05, 3.63) is 18.5 Å². The molecule has 0 atom stereocenters. The number of halogens is 2. The number of nitrogens with zero attached hydrogens (tertiary/aromatic N) is 4. The number of aromatic nitrogens is 2. The second kappa shape index (κ2) is 18.0. The molecule has 0 aliphatic carbocycles. The van der Waals surface area contributed by atoms with Crippen molar-refractivity contribution in [3.8, 4) is 0 Å². The zero-order chi connectivity index (χ0) is 23.3. The van der Waals surface area contributed by atoms with Crippen LogP contribution < -0.4 is 58.2 Å². The Kier molecular flexibility index (Phi) is 21.4. The van der Waals surface area contributed by atoms with Gasteiger partial charge in [0.1, 0.15) is 0 Å². The highest BCUT2D eigenvalue weighted by Gasteiger charge is 2.19. The van der Waals surface area contributed by atoms with Crippen LogP contribution in [0.25, 0.3) is 0 Å². The molecule has 1 aromatic rings. The summed E-state index contributed by atoms with van der Waals surface area (Å²) >= 11 is 0. The Morgan fingerprint density at radius 3 is 1.65 bits per heavy atom. The van der Waals surface area contributed by atoms with E-state index in [1.54, 1.807) is 18.5 Å². The number of nitrogens with one attached hydrogen (secondary N) is 1. The standard InChI is InChI=1S/C8H20N4.C7H18N2.C4H6N4.2ClH/c1-8(2,6-12(3)4)5-11-7(9)10;1-7(2,5-8)6-9(3)4;5-4(6)8-3-1-2-7-8;;/h5-6H2,1-4H3,(H4,9,10,11);5-6,8H2,1-4H3;1-3H,(H3,5,6);2*1H. The summed E-state index contributed by atoms with van der Waals surface area (Å²) in [6.45, 7) is 12.3. The van der Waals surface area contributed by atoms with Gasteiger partial charge in [0.2, 0.25) is 0 Å². The van der Waals surface area contributed by atoms with Crippen molar-refractivity contribution in [1.29, 1.82) is 0 Å². The minimum atomic E-state index is 0. The summed E-state index contributed by atoms with van der Waals surface area (Å²) in [5.41, 5.74) is 21.7. The minimum Gasteiger partial charge on any atom is -1.00 e. The first-order valence-electron chi connectivity index (χ1n) is 9.61. The van der Waals surface area contributed by atoms with Crippen LogP contribution in [0.1, 0.15) is 27.7 Å². The summed E-state index contributed by atoms with van der Waals surface area (Å²) in [6.07, 6.45) is 3.29. The molecule has 1 aromatic heterocycles. The lowest BCUT2D eigenvalue weighted by molar-refractivity contribution is -0.476. The average molecular weight is 486 g/mol. The minimum absolute atomic E-state index is 0. The molecule has 0 aliphatic rings. The monoisotopic (exact) mass is 484 g/mol. The smallest absolute Gasteiger partial charge is 0.369 e. The highest BCUT2D eigenvalue weighted by Crippen LogP contribution is 2.12. The molecule has 0 amide bonds. The van der Waals surface area contributed by atoms with Crippen LogP contribution >= 0.6 is 0 Å². The predicted octanol–water partition coefficient (Wildman–Crippen LogP) is -9.73. The van der Waals surface area contributed by atoms with Gasteiger partial charge in [0.15, 0.2) is 0 Å². The van der Waals surface area contributed by atoms with Gasteiger partial charge in [0.05, 0.1) is 18.9 Å². The van der Waals surface area contributed by atoms with Crippen molar-refractivity contribution >= 4 is 11.9 Å². The largest absolute Gasteiger partial charge is 1.00 e. The molecule has 186 valence electrons. The van der Waals surface area contributed by atoms with Crippen LogP contribution in [0.2, 0.25) is 0 Å². The first-order chi connectivity index (χ1) is 13.1. The van der Waals surface area contributed by atoms with E-state index in [1.807, 2.05) is 0 Å². The van der Waals surface area contributed by atoms with Crippen molar-refractivity contribution in [2.75, 3.05) is 54.4 Å². The van der Waals surface area contributed by atoms with Gasteiger partial charge in [0.25, 0.3) is 0 Å². The Morgan fingerprint density at radius 1 is 0.968 bits per heavy atom. The van der Waals surface area contributed by atoms with Crippen LogP contribution in [0.4, 0.5) is 0 Å². The molecular weight excluding hydrogens is 439 g/mol. The van der Waals surface area contributed by atoms with Gasteiger partial charge >= 0.3 is 11.9 Å². The predicted molar refractivity (Wildman–Crippen MR) is 122 cm³/mol. The van der Waals surface area contributed by atoms with Crippen LogP contribution in [0.3, 0.4) is 0 Å². The Hall–Kier alpha value is -1.59. The molecule has 0 spiro atoms. The molecule has 0 aromatic carbocycles. The van der Waals surface area contributed by atoms with Crippen molar-refractivity contribution in [1.82, 2.24) is 19.6 Å². The third kappa shape index (κ3) is 24.6. The number of nitrogens with two attached hydrogens (primary N) is 5. The summed E-state index contributed by atoms with van der Waals surface area (Å²) in [4.78, 5) is 7.24.